The van der Waals surface area contributed by atoms with Crippen LogP contribution in [0, 0.1) is 18.3 Å². The Hall–Kier alpha value is -3.45. The summed E-state index contributed by atoms with van der Waals surface area (Å²) in [5.74, 6) is 4.92. The minimum absolute atomic E-state index is 0.133. The molecule has 170 valence electrons. The number of nitrogen functional groups attached to an aromatic ring is 1. The van der Waals surface area contributed by atoms with Gasteiger partial charge in [0.1, 0.15) is 6.33 Å². The Kier molecular flexibility index (Phi) is 5.72. The van der Waals surface area contributed by atoms with Crippen molar-refractivity contribution in [3.63, 3.8) is 0 Å². The molecule has 2 aliphatic heterocycles. The van der Waals surface area contributed by atoms with Crippen LogP contribution in [0.4, 0.5) is 5.82 Å². The molecule has 1 aromatic carbocycles. The van der Waals surface area contributed by atoms with Gasteiger partial charge in [0.25, 0.3) is 0 Å². The van der Waals surface area contributed by atoms with Crippen LogP contribution in [-0.2, 0) is 11.3 Å². The van der Waals surface area contributed by atoms with Gasteiger partial charge in [0.2, 0.25) is 12.7 Å². The number of nitrogens with zero attached hydrogens (tertiary/aromatic N) is 5. The number of terminal acetylenes is 1. The Morgan fingerprint density at radius 2 is 2.15 bits per heavy atom. The van der Waals surface area contributed by atoms with Crippen LogP contribution in [0.1, 0.15) is 31.7 Å². The lowest BCUT2D eigenvalue weighted by atomic mass is 9.95. The summed E-state index contributed by atoms with van der Waals surface area (Å²) in [7, 11) is 0. The SMILES string of the molecule is C#Cc1cc2c(cc1Sc1nc3c(N)ncnc3n1CCC1CCCN(C(C)=O)C1)OCO2. The number of imidazole rings is 1. The number of hydrogen-bond donors (Lipinski definition) is 1. The van der Waals surface area contributed by atoms with Gasteiger partial charge in [-0.2, -0.15) is 0 Å². The van der Waals surface area contributed by atoms with Crippen LogP contribution in [0.25, 0.3) is 11.2 Å². The van der Waals surface area contributed by atoms with Crippen LogP contribution in [0.15, 0.2) is 28.5 Å². The average molecular weight is 465 g/mol. The van der Waals surface area contributed by atoms with Gasteiger partial charge in [-0.1, -0.05) is 17.7 Å². The molecule has 9 nitrogen and oxygen atoms in total. The minimum atomic E-state index is 0.133. The number of amides is 1. The van der Waals surface area contributed by atoms with Crippen LogP contribution in [0.5, 0.6) is 11.5 Å². The topological polar surface area (TPSA) is 108 Å². The van der Waals surface area contributed by atoms with Crippen LogP contribution in [0.3, 0.4) is 0 Å². The summed E-state index contributed by atoms with van der Waals surface area (Å²) in [6.07, 6.45) is 10.2. The highest BCUT2D eigenvalue weighted by atomic mass is 32.2. The molecule has 1 amide bonds. The van der Waals surface area contributed by atoms with E-state index in [1.165, 1.54) is 18.1 Å². The summed E-state index contributed by atoms with van der Waals surface area (Å²) in [4.78, 5) is 27.9. The third kappa shape index (κ3) is 4.16. The molecule has 0 spiro atoms. The number of aromatic nitrogens is 4. The number of ether oxygens (including phenoxy) is 2. The highest BCUT2D eigenvalue weighted by molar-refractivity contribution is 7.99. The number of nitrogens with two attached hydrogens (primary N) is 1. The Balaban J connectivity index is 1.46. The van der Waals surface area contributed by atoms with Crippen molar-refractivity contribution in [1.29, 1.82) is 0 Å². The van der Waals surface area contributed by atoms with Gasteiger partial charge in [-0.05, 0) is 31.2 Å². The second-order valence-electron chi connectivity index (χ2n) is 8.19. The van der Waals surface area contributed by atoms with E-state index < -0.39 is 0 Å². The van der Waals surface area contributed by atoms with Gasteiger partial charge in [-0.25, -0.2) is 15.0 Å². The zero-order chi connectivity index (χ0) is 22.9. The maximum atomic E-state index is 11.8. The van der Waals surface area contributed by atoms with Crippen molar-refractivity contribution >= 4 is 34.7 Å². The lowest BCUT2D eigenvalue weighted by Crippen LogP contribution is -2.38. The predicted molar refractivity (Wildman–Crippen MR) is 124 cm³/mol. The second kappa shape index (κ2) is 8.83. The van der Waals surface area contributed by atoms with Crippen molar-refractivity contribution in [3.8, 4) is 23.8 Å². The third-order valence-electron chi connectivity index (χ3n) is 6.08. The summed E-state index contributed by atoms with van der Waals surface area (Å²) >= 11 is 1.44. The molecule has 4 heterocycles. The van der Waals surface area contributed by atoms with Crippen molar-refractivity contribution in [3.05, 3.63) is 24.0 Å². The molecular formula is C23H24N6O3S. The quantitative estimate of drug-likeness (QED) is 0.574. The normalized spacial score (nSPS) is 17.3. The van der Waals surface area contributed by atoms with E-state index in [-0.39, 0.29) is 12.7 Å². The Bertz CT molecular complexity index is 1270. The third-order valence-corrected chi connectivity index (χ3v) is 7.13. The predicted octanol–water partition coefficient (Wildman–Crippen LogP) is 2.92. The lowest BCUT2D eigenvalue weighted by Gasteiger charge is -2.32. The molecule has 33 heavy (non-hydrogen) atoms. The van der Waals surface area contributed by atoms with Crippen LogP contribution in [0.2, 0.25) is 0 Å². The summed E-state index contributed by atoms with van der Waals surface area (Å²) < 4.78 is 13.1. The molecule has 3 aromatic rings. The molecule has 10 heteroatoms. The molecule has 0 saturated carbocycles. The molecule has 2 aromatic heterocycles. The Morgan fingerprint density at radius 1 is 1.33 bits per heavy atom. The average Bonchev–Trinajstić information content (AvgIpc) is 3.42. The standard InChI is InChI=1S/C23H24N6O3S/c1-3-16-9-17-18(32-13-31-17)10-19(16)33-23-27-20-21(24)25-12-26-22(20)29(23)8-6-15-5-4-7-28(11-15)14(2)30/h1,9-10,12,15H,4-8,11,13H2,2H3,(H2,24,25,26). The number of carbonyl (C=O) groups excluding carboxylic acids is 1. The number of benzene rings is 1. The molecule has 0 bridgehead atoms. The van der Waals surface area contributed by atoms with E-state index in [9.17, 15) is 4.79 Å². The molecule has 1 atom stereocenters. The number of fused-ring (bicyclic) bond motifs is 2. The van der Waals surface area contributed by atoms with Gasteiger partial charge in [0.05, 0.1) is 0 Å². The van der Waals surface area contributed by atoms with Gasteiger partial charge in [0, 0.05) is 43.1 Å². The van der Waals surface area contributed by atoms with E-state index in [0.717, 1.165) is 42.4 Å². The smallest absolute Gasteiger partial charge is 0.231 e. The molecule has 1 unspecified atom stereocenters. The fraction of sp³-hybridized carbons (Fsp3) is 0.391. The highest BCUT2D eigenvalue weighted by Crippen LogP contribution is 2.41. The van der Waals surface area contributed by atoms with Gasteiger partial charge < -0.3 is 24.7 Å². The molecule has 2 N–H and O–H groups in total. The maximum absolute atomic E-state index is 11.8. The van der Waals surface area contributed by atoms with E-state index in [2.05, 4.69) is 20.5 Å². The zero-order valence-corrected chi connectivity index (χ0v) is 19.1. The molecule has 5 rings (SSSR count). The van der Waals surface area contributed by atoms with Gasteiger partial charge in [0.15, 0.2) is 33.6 Å². The number of carbonyl (C=O) groups is 1. The molecule has 1 saturated heterocycles. The van der Waals surface area contributed by atoms with Crippen LogP contribution < -0.4 is 15.2 Å². The number of anilines is 1. The molecular weight excluding hydrogens is 440 g/mol. The van der Waals surface area contributed by atoms with Crippen molar-refractivity contribution < 1.29 is 14.3 Å². The monoisotopic (exact) mass is 464 g/mol. The van der Waals surface area contributed by atoms with E-state index >= 15 is 0 Å². The summed E-state index contributed by atoms with van der Waals surface area (Å²) in [5, 5.41) is 0.729. The highest BCUT2D eigenvalue weighted by Gasteiger charge is 2.24. The van der Waals surface area contributed by atoms with E-state index in [1.807, 2.05) is 17.0 Å². The molecule has 1 fully saturated rings. The summed E-state index contributed by atoms with van der Waals surface area (Å²) in [6, 6.07) is 3.69. The van der Waals surface area contributed by atoms with Crippen molar-refractivity contribution in [2.45, 2.75) is 42.8 Å². The lowest BCUT2D eigenvalue weighted by molar-refractivity contribution is -0.130. The number of rotatable bonds is 5. The van der Waals surface area contributed by atoms with Crippen molar-refractivity contribution in [1.82, 2.24) is 24.4 Å². The first-order chi connectivity index (χ1) is 16.0. The largest absolute Gasteiger partial charge is 0.454 e. The number of aryl methyl sites for hydroxylation is 1. The molecule has 0 aliphatic carbocycles. The van der Waals surface area contributed by atoms with Gasteiger partial charge >= 0.3 is 0 Å². The van der Waals surface area contributed by atoms with E-state index in [4.69, 9.17) is 26.6 Å². The number of piperidine rings is 1. The fourth-order valence-electron chi connectivity index (χ4n) is 4.33. The number of hydrogen-bond acceptors (Lipinski definition) is 8. The number of likely N-dealkylation sites (tertiary alicyclic amines) is 1. The van der Waals surface area contributed by atoms with Gasteiger partial charge in [-0.15, -0.1) is 6.42 Å². The first kappa shape index (κ1) is 21.4. The van der Waals surface area contributed by atoms with Crippen molar-refractivity contribution in [2.24, 2.45) is 5.92 Å². The first-order valence-corrected chi connectivity index (χ1v) is 11.7. The summed E-state index contributed by atoms with van der Waals surface area (Å²) in [5.41, 5.74) is 8.06. The van der Waals surface area contributed by atoms with Crippen LogP contribution in [-0.4, -0.2) is 50.2 Å². The fourth-order valence-corrected chi connectivity index (χ4v) is 5.35. The van der Waals surface area contributed by atoms with Crippen molar-refractivity contribution in [2.75, 3.05) is 25.6 Å². The van der Waals surface area contributed by atoms with Crippen LogP contribution >= 0.6 is 11.8 Å². The molecule has 2 aliphatic rings. The Labute approximate surface area is 195 Å². The Morgan fingerprint density at radius 3 is 2.94 bits per heavy atom. The summed E-state index contributed by atoms with van der Waals surface area (Å²) in [6.45, 7) is 4.13. The van der Waals surface area contributed by atoms with E-state index in [0.29, 0.717) is 46.5 Å². The van der Waals surface area contributed by atoms with E-state index in [1.54, 1.807) is 6.92 Å². The first-order valence-electron chi connectivity index (χ1n) is 10.8. The minimum Gasteiger partial charge on any atom is -0.454 e. The van der Waals surface area contributed by atoms with Gasteiger partial charge in [-0.3, -0.25) is 4.79 Å². The molecule has 0 radical (unpaired) electrons. The maximum Gasteiger partial charge on any atom is 0.231 e. The zero-order valence-electron chi connectivity index (χ0n) is 18.3. The second-order valence-corrected chi connectivity index (χ2v) is 9.20.